The zero-order valence-electron chi connectivity index (χ0n) is 9.53. The Morgan fingerprint density at radius 2 is 2.20 bits per heavy atom. The van der Waals surface area contributed by atoms with Crippen LogP contribution in [0.5, 0.6) is 0 Å². The minimum absolute atomic E-state index is 0.196. The number of aliphatic hydroxyl groups excluding tert-OH is 1. The molecule has 4 heteroatoms. The van der Waals surface area contributed by atoms with Crippen LogP contribution in [0.25, 0.3) is 0 Å². The Labute approximate surface area is 89.6 Å². The summed E-state index contributed by atoms with van der Waals surface area (Å²) >= 11 is 0. The summed E-state index contributed by atoms with van der Waals surface area (Å²) in [5.41, 5.74) is 1.49. The molecule has 1 unspecified atom stereocenters. The number of aryl methyl sites for hydroxylation is 2. The fourth-order valence-corrected chi connectivity index (χ4v) is 1.59. The predicted octanol–water partition coefficient (Wildman–Crippen LogP) is 1.02. The van der Waals surface area contributed by atoms with Gasteiger partial charge in [0.1, 0.15) is 0 Å². The van der Waals surface area contributed by atoms with E-state index in [-0.39, 0.29) is 11.8 Å². The maximum Gasteiger partial charge on any atom is 0.347 e. The molecule has 0 saturated heterocycles. The van der Waals surface area contributed by atoms with Gasteiger partial charge in [-0.3, -0.25) is 4.57 Å². The van der Waals surface area contributed by atoms with E-state index in [1.54, 1.807) is 11.5 Å². The fourth-order valence-electron chi connectivity index (χ4n) is 1.59. The monoisotopic (exact) mass is 210 g/mol. The summed E-state index contributed by atoms with van der Waals surface area (Å²) in [5.74, 6) is 0. The molecule has 0 aliphatic carbocycles. The van der Waals surface area contributed by atoms with Gasteiger partial charge in [-0.05, 0) is 39.7 Å². The van der Waals surface area contributed by atoms with Crippen molar-refractivity contribution in [1.82, 2.24) is 9.55 Å². The van der Waals surface area contributed by atoms with Crippen molar-refractivity contribution >= 4 is 0 Å². The second-order valence-corrected chi connectivity index (χ2v) is 3.96. The molecule has 0 spiro atoms. The van der Waals surface area contributed by atoms with Crippen molar-refractivity contribution in [3.8, 4) is 0 Å². The first-order chi connectivity index (χ1) is 7.00. The van der Waals surface area contributed by atoms with Crippen LogP contribution >= 0.6 is 0 Å². The molecular formula is C11H18N2O2. The normalized spacial score (nSPS) is 12.8. The smallest absolute Gasteiger partial charge is 0.347 e. The van der Waals surface area contributed by atoms with Gasteiger partial charge in [0.15, 0.2) is 0 Å². The molecule has 1 N–H and O–H groups in total. The number of rotatable bonds is 4. The SMILES string of the molecule is Cc1cc(C)n(CCCC(C)O)c(=O)n1. The van der Waals surface area contributed by atoms with Crippen molar-refractivity contribution < 1.29 is 5.11 Å². The van der Waals surface area contributed by atoms with Crippen LogP contribution in [0.1, 0.15) is 31.2 Å². The minimum atomic E-state index is -0.306. The lowest BCUT2D eigenvalue weighted by Gasteiger charge is -2.10. The van der Waals surface area contributed by atoms with E-state index in [1.807, 2.05) is 19.9 Å². The molecule has 1 atom stereocenters. The number of nitrogens with zero attached hydrogens (tertiary/aromatic N) is 2. The van der Waals surface area contributed by atoms with E-state index in [2.05, 4.69) is 4.98 Å². The highest BCUT2D eigenvalue weighted by atomic mass is 16.3. The van der Waals surface area contributed by atoms with Crippen LogP contribution in [0.3, 0.4) is 0 Å². The Balaban J connectivity index is 2.73. The summed E-state index contributed by atoms with van der Waals surface area (Å²) in [7, 11) is 0. The van der Waals surface area contributed by atoms with E-state index in [1.165, 1.54) is 0 Å². The Morgan fingerprint density at radius 1 is 1.53 bits per heavy atom. The van der Waals surface area contributed by atoms with Crippen LogP contribution < -0.4 is 5.69 Å². The van der Waals surface area contributed by atoms with E-state index in [0.717, 1.165) is 17.8 Å². The van der Waals surface area contributed by atoms with Crippen LogP contribution in [-0.4, -0.2) is 20.8 Å². The molecule has 1 aromatic heterocycles. The highest BCUT2D eigenvalue weighted by Gasteiger charge is 2.03. The molecule has 0 amide bonds. The van der Waals surface area contributed by atoms with Gasteiger partial charge in [-0.15, -0.1) is 0 Å². The van der Waals surface area contributed by atoms with Crippen molar-refractivity contribution in [1.29, 1.82) is 0 Å². The number of hydrogen-bond donors (Lipinski definition) is 1. The van der Waals surface area contributed by atoms with Crippen LogP contribution in [-0.2, 0) is 6.54 Å². The van der Waals surface area contributed by atoms with Crippen LogP contribution in [0.15, 0.2) is 10.9 Å². The van der Waals surface area contributed by atoms with E-state index in [4.69, 9.17) is 5.11 Å². The molecule has 0 radical (unpaired) electrons. The van der Waals surface area contributed by atoms with Gasteiger partial charge in [0, 0.05) is 17.9 Å². The average molecular weight is 210 g/mol. The third-order valence-electron chi connectivity index (χ3n) is 2.35. The minimum Gasteiger partial charge on any atom is -0.393 e. The van der Waals surface area contributed by atoms with Crippen molar-refractivity contribution in [2.45, 2.75) is 46.3 Å². The molecule has 84 valence electrons. The highest BCUT2D eigenvalue weighted by Crippen LogP contribution is 2.01. The van der Waals surface area contributed by atoms with Crippen LogP contribution in [0, 0.1) is 13.8 Å². The Morgan fingerprint density at radius 3 is 2.73 bits per heavy atom. The van der Waals surface area contributed by atoms with Gasteiger partial charge in [-0.1, -0.05) is 0 Å². The summed E-state index contributed by atoms with van der Waals surface area (Å²) in [6.07, 6.45) is 1.20. The van der Waals surface area contributed by atoms with Gasteiger partial charge in [-0.25, -0.2) is 4.79 Å². The lowest BCUT2D eigenvalue weighted by molar-refractivity contribution is 0.179. The highest BCUT2D eigenvalue weighted by molar-refractivity contribution is 5.06. The molecule has 0 saturated carbocycles. The van der Waals surface area contributed by atoms with Gasteiger partial charge in [0.25, 0.3) is 0 Å². The molecular weight excluding hydrogens is 192 g/mol. The van der Waals surface area contributed by atoms with Crippen LogP contribution in [0.4, 0.5) is 0 Å². The quantitative estimate of drug-likeness (QED) is 0.807. The van der Waals surface area contributed by atoms with Gasteiger partial charge in [-0.2, -0.15) is 4.98 Å². The maximum atomic E-state index is 11.5. The molecule has 4 nitrogen and oxygen atoms in total. The topological polar surface area (TPSA) is 55.1 Å². The van der Waals surface area contributed by atoms with Gasteiger partial charge < -0.3 is 5.11 Å². The molecule has 0 aromatic carbocycles. The second kappa shape index (κ2) is 5.07. The second-order valence-electron chi connectivity index (χ2n) is 3.96. The van der Waals surface area contributed by atoms with Gasteiger partial charge in [0.05, 0.1) is 6.10 Å². The summed E-state index contributed by atoms with van der Waals surface area (Å²) in [5, 5.41) is 9.11. The van der Waals surface area contributed by atoms with Crippen molar-refractivity contribution in [3.63, 3.8) is 0 Å². The van der Waals surface area contributed by atoms with Crippen molar-refractivity contribution in [3.05, 3.63) is 27.9 Å². The predicted molar refractivity (Wildman–Crippen MR) is 58.9 cm³/mol. The van der Waals surface area contributed by atoms with Crippen molar-refractivity contribution in [2.24, 2.45) is 0 Å². The maximum absolute atomic E-state index is 11.5. The first kappa shape index (κ1) is 11.9. The zero-order chi connectivity index (χ0) is 11.4. The molecule has 0 bridgehead atoms. The first-order valence-corrected chi connectivity index (χ1v) is 5.24. The lowest BCUT2D eigenvalue weighted by Crippen LogP contribution is -2.26. The summed E-state index contributed by atoms with van der Waals surface area (Å²) in [4.78, 5) is 15.4. The average Bonchev–Trinajstić information content (AvgIpc) is 2.08. The molecule has 1 aromatic rings. The summed E-state index contributed by atoms with van der Waals surface area (Å²) in [6, 6.07) is 1.89. The standard InChI is InChI=1S/C11H18N2O2/c1-8-7-9(2)13(11(15)12-8)6-4-5-10(3)14/h7,10,14H,4-6H2,1-3H3. The van der Waals surface area contributed by atoms with E-state index >= 15 is 0 Å². The number of aliphatic hydroxyl groups is 1. The summed E-state index contributed by atoms with van der Waals surface area (Å²) < 4.78 is 1.65. The third kappa shape index (κ3) is 3.47. The number of hydrogen-bond acceptors (Lipinski definition) is 3. The van der Waals surface area contributed by atoms with Gasteiger partial charge in [0.2, 0.25) is 0 Å². The molecule has 1 rings (SSSR count). The van der Waals surface area contributed by atoms with Crippen LogP contribution in [0.2, 0.25) is 0 Å². The zero-order valence-corrected chi connectivity index (χ0v) is 9.53. The molecule has 1 heterocycles. The van der Waals surface area contributed by atoms with E-state index in [9.17, 15) is 4.79 Å². The molecule has 0 aliphatic rings. The lowest BCUT2D eigenvalue weighted by atomic mass is 10.2. The molecule has 0 fully saturated rings. The third-order valence-corrected chi connectivity index (χ3v) is 2.35. The summed E-state index contributed by atoms with van der Waals surface area (Å²) in [6.45, 7) is 6.10. The van der Waals surface area contributed by atoms with E-state index in [0.29, 0.717) is 13.0 Å². The Kier molecular flexibility index (Phi) is 4.03. The largest absolute Gasteiger partial charge is 0.393 e. The number of aromatic nitrogens is 2. The van der Waals surface area contributed by atoms with Crippen molar-refractivity contribution in [2.75, 3.05) is 0 Å². The Bertz CT molecular complexity index is 383. The van der Waals surface area contributed by atoms with E-state index < -0.39 is 0 Å². The first-order valence-electron chi connectivity index (χ1n) is 5.24. The fraction of sp³-hybridized carbons (Fsp3) is 0.636. The molecule has 0 aliphatic heterocycles. The van der Waals surface area contributed by atoms with Gasteiger partial charge >= 0.3 is 5.69 Å². The molecule has 15 heavy (non-hydrogen) atoms. The Hall–Kier alpha value is -1.16.